The molecule has 0 saturated heterocycles. The van der Waals surface area contributed by atoms with Gasteiger partial charge in [-0.25, -0.2) is 0 Å². The summed E-state index contributed by atoms with van der Waals surface area (Å²) in [6.45, 7) is 1.32. The van der Waals surface area contributed by atoms with Crippen molar-refractivity contribution in [1.82, 2.24) is 30.6 Å². The number of amides is 2. The van der Waals surface area contributed by atoms with E-state index in [2.05, 4.69) is 26.0 Å². The van der Waals surface area contributed by atoms with Crippen LogP contribution in [0.5, 0.6) is 0 Å². The van der Waals surface area contributed by atoms with Gasteiger partial charge in [0.2, 0.25) is 11.8 Å². The van der Waals surface area contributed by atoms with E-state index in [4.69, 9.17) is 0 Å². The molecular formula is C17H16N6O2S. The second-order valence-corrected chi connectivity index (χ2v) is 6.18. The number of pyridine rings is 1. The lowest BCUT2D eigenvalue weighted by Crippen LogP contribution is -2.41. The highest BCUT2D eigenvalue weighted by molar-refractivity contribution is 7.99. The molecule has 0 spiro atoms. The summed E-state index contributed by atoms with van der Waals surface area (Å²) in [5, 5.41) is 9.05. The minimum absolute atomic E-state index is 0.0816. The normalized spacial score (nSPS) is 10.3. The SMILES string of the molecule is CC(=O)NNC(=O)CSc1nnc(-c2cccnc2)n1-c1ccccc1. The summed E-state index contributed by atoms with van der Waals surface area (Å²) < 4.78 is 1.87. The zero-order chi connectivity index (χ0) is 18.4. The van der Waals surface area contributed by atoms with Crippen molar-refractivity contribution in [2.45, 2.75) is 12.1 Å². The van der Waals surface area contributed by atoms with Gasteiger partial charge in [-0.05, 0) is 24.3 Å². The lowest BCUT2D eigenvalue weighted by atomic mass is 10.2. The van der Waals surface area contributed by atoms with Crippen LogP contribution in [0.2, 0.25) is 0 Å². The Balaban J connectivity index is 1.87. The third-order valence-corrected chi connectivity index (χ3v) is 4.21. The number of aromatic nitrogens is 4. The summed E-state index contributed by atoms with van der Waals surface area (Å²) in [4.78, 5) is 26.8. The van der Waals surface area contributed by atoms with Gasteiger partial charge in [0.05, 0.1) is 5.75 Å². The predicted octanol–water partition coefficient (Wildman–Crippen LogP) is 1.59. The number of para-hydroxylation sites is 1. The topological polar surface area (TPSA) is 102 Å². The number of benzene rings is 1. The Labute approximate surface area is 154 Å². The Bertz CT molecular complexity index is 898. The van der Waals surface area contributed by atoms with Crippen LogP contribution in [0.25, 0.3) is 17.1 Å². The van der Waals surface area contributed by atoms with Gasteiger partial charge in [0.1, 0.15) is 0 Å². The van der Waals surface area contributed by atoms with Gasteiger partial charge < -0.3 is 0 Å². The smallest absolute Gasteiger partial charge is 0.248 e. The highest BCUT2D eigenvalue weighted by Crippen LogP contribution is 2.27. The number of thioether (sulfide) groups is 1. The lowest BCUT2D eigenvalue weighted by Gasteiger charge is -2.10. The van der Waals surface area contributed by atoms with Crippen molar-refractivity contribution in [3.63, 3.8) is 0 Å². The molecule has 0 aliphatic rings. The quantitative estimate of drug-likeness (QED) is 0.524. The summed E-state index contributed by atoms with van der Waals surface area (Å²) in [7, 11) is 0. The third-order valence-electron chi connectivity index (χ3n) is 3.28. The van der Waals surface area contributed by atoms with Crippen LogP contribution in [-0.2, 0) is 9.59 Å². The molecule has 0 aliphatic heterocycles. The average Bonchev–Trinajstić information content (AvgIpc) is 3.10. The first-order chi connectivity index (χ1) is 12.6. The first-order valence-electron chi connectivity index (χ1n) is 7.74. The molecule has 8 nitrogen and oxygen atoms in total. The van der Waals surface area contributed by atoms with Gasteiger partial charge in [0, 0.05) is 30.6 Å². The second-order valence-electron chi connectivity index (χ2n) is 5.24. The molecule has 3 aromatic rings. The van der Waals surface area contributed by atoms with E-state index in [-0.39, 0.29) is 17.6 Å². The van der Waals surface area contributed by atoms with E-state index in [0.29, 0.717) is 11.0 Å². The maximum Gasteiger partial charge on any atom is 0.248 e. The monoisotopic (exact) mass is 368 g/mol. The van der Waals surface area contributed by atoms with E-state index in [0.717, 1.165) is 11.3 Å². The van der Waals surface area contributed by atoms with E-state index in [1.807, 2.05) is 47.0 Å². The molecule has 0 bridgehead atoms. The zero-order valence-corrected chi connectivity index (χ0v) is 14.7. The van der Waals surface area contributed by atoms with Crippen molar-refractivity contribution in [3.8, 4) is 17.1 Å². The molecule has 1 aromatic carbocycles. The Morgan fingerprint density at radius 1 is 1.08 bits per heavy atom. The van der Waals surface area contributed by atoms with Gasteiger partial charge in [-0.1, -0.05) is 30.0 Å². The molecule has 2 amide bonds. The fourth-order valence-corrected chi connectivity index (χ4v) is 2.93. The maximum atomic E-state index is 11.8. The van der Waals surface area contributed by atoms with Crippen molar-refractivity contribution in [2.75, 3.05) is 5.75 Å². The van der Waals surface area contributed by atoms with Crippen LogP contribution in [0.15, 0.2) is 60.0 Å². The largest absolute Gasteiger partial charge is 0.274 e. The van der Waals surface area contributed by atoms with Crippen LogP contribution in [0.4, 0.5) is 0 Å². The fraction of sp³-hybridized carbons (Fsp3) is 0.118. The van der Waals surface area contributed by atoms with Crippen molar-refractivity contribution in [1.29, 1.82) is 0 Å². The number of hydrogen-bond acceptors (Lipinski definition) is 6. The van der Waals surface area contributed by atoms with Crippen molar-refractivity contribution in [3.05, 3.63) is 54.9 Å². The second kappa shape index (κ2) is 8.26. The molecule has 0 unspecified atom stereocenters. The number of nitrogens with one attached hydrogen (secondary N) is 2. The molecule has 2 aromatic heterocycles. The third kappa shape index (κ3) is 4.25. The van der Waals surface area contributed by atoms with Crippen LogP contribution in [0.3, 0.4) is 0 Å². The first kappa shape index (κ1) is 17.6. The summed E-state index contributed by atoms with van der Waals surface area (Å²) >= 11 is 1.22. The number of rotatable bonds is 5. The van der Waals surface area contributed by atoms with Gasteiger partial charge in [0.15, 0.2) is 11.0 Å². The van der Waals surface area contributed by atoms with E-state index in [9.17, 15) is 9.59 Å². The van der Waals surface area contributed by atoms with E-state index < -0.39 is 0 Å². The standard InChI is InChI=1S/C17H16N6O2S/c1-12(24)19-20-15(25)11-26-17-22-21-16(13-6-5-9-18-10-13)23(17)14-7-3-2-4-8-14/h2-10H,11H2,1H3,(H,19,24)(H,20,25). The lowest BCUT2D eigenvalue weighted by molar-refractivity contribution is -0.126. The van der Waals surface area contributed by atoms with Crippen LogP contribution >= 0.6 is 11.8 Å². The van der Waals surface area contributed by atoms with Gasteiger partial charge in [-0.3, -0.25) is 30.0 Å². The zero-order valence-electron chi connectivity index (χ0n) is 13.9. The van der Waals surface area contributed by atoms with E-state index in [1.165, 1.54) is 18.7 Å². The molecule has 0 radical (unpaired) electrons. The maximum absolute atomic E-state index is 11.8. The van der Waals surface area contributed by atoms with Crippen molar-refractivity contribution >= 4 is 23.6 Å². The first-order valence-corrected chi connectivity index (χ1v) is 8.73. The Morgan fingerprint density at radius 2 is 1.88 bits per heavy atom. The summed E-state index contributed by atoms with van der Waals surface area (Å²) in [5.41, 5.74) is 6.27. The highest BCUT2D eigenvalue weighted by atomic mass is 32.2. The Hall–Kier alpha value is -3.20. The predicted molar refractivity (Wildman–Crippen MR) is 97.3 cm³/mol. The van der Waals surface area contributed by atoms with Crippen LogP contribution in [0.1, 0.15) is 6.92 Å². The highest BCUT2D eigenvalue weighted by Gasteiger charge is 2.17. The summed E-state index contributed by atoms with van der Waals surface area (Å²) in [5.74, 6) is 0.0395. The average molecular weight is 368 g/mol. The summed E-state index contributed by atoms with van der Waals surface area (Å²) in [6, 6.07) is 13.3. The molecule has 0 aliphatic carbocycles. The molecule has 0 fully saturated rings. The molecular weight excluding hydrogens is 352 g/mol. The van der Waals surface area contributed by atoms with Gasteiger partial charge in [-0.2, -0.15) is 0 Å². The number of nitrogens with zero attached hydrogens (tertiary/aromatic N) is 4. The molecule has 0 saturated carbocycles. The molecule has 3 rings (SSSR count). The van der Waals surface area contributed by atoms with Crippen LogP contribution in [0, 0.1) is 0 Å². The van der Waals surface area contributed by atoms with Gasteiger partial charge in [0.25, 0.3) is 0 Å². The van der Waals surface area contributed by atoms with Crippen molar-refractivity contribution in [2.24, 2.45) is 0 Å². The number of hydrogen-bond donors (Lipinski definition) is 2. The van der Waals surface area contributed by atoms with E-state index in [1.54, 1.807) is 12.4 Å². The fourth-order valence-electron chi connectivity index (χ4n) is 2.18. The number of carbonyl (C=O) groups is 2. The van der Waals surface area contributed by atoms with Crippen molar-refractivity contribution < 1.29 is 9.59 Å². The molecule has 2 N–H and O–H groups in total. The molecule has 132 valence electrons. The number of carbonyl (C=O) groups excluding carboxylic acids is 2. The Morgan fingerprint density at radius 3 is 2.58 bits per heavy atom. The van der Waals surface area contributed by atoms with E-state index >= 15 is 0 Å². The minimum Gasteiger partial charge on any atom is -0.274 e. The molecule has 0 atom stereocenters. The summed E-state index contributed by atoms with van der Waals surface area (Å²) in [6.07, 6.45) is 3.40. The molecule has 2 heterocycles. The van der Waals surface area contributed by atoms with Gasteiger partial charge in [-0.15, -0.1) is 10.2 Å². The van der Waals surface area contributed by atoms with Gasteiger partial charge >= 0.3 is 0 Å². The molecule has 26 heavy (non-hydrogen) atoms. The Kier molecular flexibility index (Phi) is 5.59. The van der Waals surface area contributed by atoms with Crippen LogP contribution < -0.4 is 10.9 Å². The minimum atomic E-state index is -0.338. The number of hydrazine groups is 1. The van der Waals surface area contributed by atoms with Crippen LogP contribution in [-0.4, -0.2) is 37.3 Å². The molecule has 9 heteroatoms.